The van der Waals surface area contributed by atoms with Gasteiger partial charge in [0.1, 0.15) is 5.69 Å². The second-order valence-corrected chi connectivity index (χ2v) is 5.35. The average molecular weight is 272 g/mol. The van der Waals surface area contributed by atoms with Gasteiger partial charge in [0.15, 0.2) is 0 Å². The molecule has 0 unspecified atom stereocenters. The molecule has 1 aliphatic heterocycles. The van der Waals surface area contributed by atoms with Crippen LogP contribution in [0.4, 0.5) is 5.88 Å². The minimum absolute atomic E-state index is 0.356. The van der Waals surface area contributed by atoms with Gasteiger partial charge in [-0.3, -0.25) is 4.90 Å². The Morgan fingerprint density at radius 2 is 1.95 bits per heavy atom. The van der Waals surface area contributed by atoms with Gasteiger partial charge in [0.05, 0.1) is 0 Å². The largest absolute Gasteiger partial charge is 0.368 e. The van der Waals surface area contributed by atoms with E-state index in [1.54, 1.807) is 6.07 Å². The number of piperazine rings is 1. The van der Waals surface area contributed by atoms with Crippen LogP contribution in [0.1, 0.15) is 5.56 Å². The van der Waals surface area contributed by atoms with Crippen molar-refractivity contribution in [3.05, 3.63) is 35.9 Å². The predicted molar refractivity (Wildman–Crippen MR) is 79.1 cm³/mol. The lowest BCUT2D eigenvalue weighted by molar-refractivity contribution is 0.148. The van der Waals surface area contributed by atoms with Crippen LogP contribution in [0.25, 0.3) is 11.3 Å². The monoisotopic (exact) mass is 272 g/mol. The van der Waals surface area contributed by atoms with Gasteiger partial charge in [0.2, 0.25) is 5.88 Å². The van der Waals surface area contributed by atoms with Crippen LogP contribution in [-0.2, 0) is 6.54 Å². The van der Waals surface area contributed by atoms with E-state index in [1.165, 1.54) is 5.56 Å². The van der Waals surface area contributed by atoms with Crippen LogP contribution in [0.15, 0.2) is 34.9 Å². The molecule has 2 aromatic rings. The molecule has 0 radical (unpaired) electrons. The van der Waals surface area contributed by atoms with E-state index in [2.05, 4.69) is 40.2 Å². The van der Waals surface area contributed by atoms with Crippen LogP contribution < -0.4 is 5.73 Å². The van der Waals surface area contributed by atoms with Crippen molar-refractivity contribution < 1.29 is 4.52 Å². The molecule has 1 fully saturated rings. The lowest BCUT2D eigenvalue weighted by atomic mass is 10.0. The molecule has 3 rings (SSSR count). The highest BCUT2D eigenvalue weighted by molar-refractivity contribution is 5.65. The van der Waals surface area contributed by atoms with E-state index in [0.717, 1.165) is 44.0 Å². The average Bonchev–Trinajstić information content (AvgIpc) is 2.88. The molecule has 0 spiro atoms. The fourth-order valence-corrected chi connectivity index (χ4v) is 2.57. The molecule has 1 aliphatic rings. The smallest absolute Gasteiger partial charge is 0.222 e. The Morgan fingerprint density at radius 3 is 2.65 bits per heavy atom. The molecule has 0 saturated carbocycles. The van der Waals surface area contributed by atoms with E-state index >= 15 is 0 Å². The third kappa shape index (κ3) is 2.84. The summed E-state index contributed by atoms with van der Waals surface area (Å²) in [5.41, 5.74) is 8.81. The number of rotatable bonds is 3. The van der Waals surface area contributed by atoms with E-state index in [9.17, 15) is 0 Å². The first kappa shape index (κ1) is 13.1. The molecule has 1 aromatic heterocycles. The minimum Gasteiger partial charge on any atom is -0.368 e. The molecular formula is C15H20N4O. The normalized spacial score (nSPS) is 17.4. The fraction of sp³-hybridized carbons (Fsp3) is 0.400. The standard InChI is InChI=1S/C15H20N4O/c1-18-6-8-19(9-7-18)11-12-4-2-3-5-13(12)14-10-15(16)20-17-14/h2-5,10H,6-9,11,16H2,1H3. The van der Waals surface area contributed by atoms with E-state index in [4.69, 9.17) is 10.3 Å². The zero-order valence-corrected chi connectivity index (χ0v) is 11.7. The van der Waals surface area contributed by atoms with Gasteiger partial charge in [-0.2, -0.15) is 0 Å². The second kappa shape index (κ2) is 5.64. The highest BCUT2D eigenvalue weighted by Gasteiger charge is 2.16. The van der Waals surface area contributed by atoms with Gasteiger partial charge in [0, 0.05) is 44.4 Å². The van der Waals surface area contributed by atoms with Crippen LogP contribution in [0.5, 0.6) is 0 Å². The number of likely N-dealkylation sites (N-methyl/N-ethyl adjacent to an activating group) is 1. The van der Waals surface area contributed by atoms with Crippen LogP contribution in [-0.4, -0.2) is 48.2 Å². The number of nitrogens with two attached hydrogens (primary N) is 1. The maximum absolute atomic E-state index is 5.62. The summed E-state index contributed by atoms with van der Waals surface area (Å²) >= 11 is 0. The van der Waals surface area contributed by atoms with E-state index in [-0.39, 0.29) is 0 Å². The molecule has 106 valence electrons. The Hall–Kier alpha value is -1.85. The summed E-state index contributed by atoms with van der Waals surface area (Å²) in [6, 6.07) is 10.1. The quantitative estimate of drug-likeness (QED) is 0.921. The Kier molecular flexibility index (Phi) is 3.71. The van der Waals surface area contributed by atoms with E-state index in [0.29, 0.717) is 5.88 Å². The van der Waals surface area contributed by atoms with Crippen LogP contribution >= 0.6 is 0 Å². The van der Waals surface area contributed by atoms with Gasteiger partial charge < -0.3 is 15.2 Å². The first-order chi connectivity index (χ1) is 9.72. The van der Waals surface area contributed by atoms with Crippen molar-refractivity contribution in [1.29, 1.82) is 0 Å². The molecule has 1 aromatic carbocycles. The van der Waals surface area contributed by atoms with E-state index in [1.807, 2.05) is 6.07 Å². The molecule has 1 saturated heterocycles. The Bertz CT molecular complexity index is 573. The SMILES string of the molecule is CN1CCN(Cc2ccccc2-c2cc(N)on2)CC1. The van der Waals surface area contributed by atoms with Crippen molar-refractivity contribution >= 4 is 5.88 Å². The first-order valence-corrected chi connectivity index (χ1v) is 6.94. The zero-order chi connectivity index (χ0) is 13.9. The summed E-state index contributed by atoms with van der Waals surface area (Å²) in [6.45, 7) is 5.40. The summed E-state index contributed by atoms with van der Waals surface area (Å²) in [4.78, 5) is 4.84. The van der Waals surface area contributed by atoms with Gasteiger partial charge >= 0.3 is 0 Å². The third-order valence-corrected chi connectivity index (χ3v) is 3.81. The van der Waals surface area contributed by atoms with Gasteiger partial charge in [-0.1, -0.05) is 29.4 Å². The van der Waals surface area contributed by atoms with Crippen LogP contribution in [0.3, 0.4) is 0 Å². The molecule has 2 N–H and O–H groups in total. The first-order valence-electron chi connectivity index (χ1n) is 6.94. The Balaban J connectivity index is 1.80. The summed E-state index contributed by atoms with van der Waals surface area (Å²) in [5, 5.41) is 4.03. The van der Waals surface area contributed by atoms with Crippen molar-refractivity contribution in [3.8, 4) is 11.3 Å². The molecule has 0 amide bonds. The molecule has 5 nitrogen and oxygen atoms in total. The fourth-order valence-electron chi connectivity index (χ4n) is 2.57. The molecule has 20 heavy (non-hydrogen) atoms. The summed E-state index contributed by atoms with van der Waals surface area (Å²) < 4.78 is 4.99. The maximum atomic E-state index is 5.62. The Labute approximate surface area is 118 Å². The number of nitrogens with zero attached hydrogens (tertiary/aromatic N) is 3. The lowest BCUT2D eigenvalue weighted by Gasteiger charge is -2.32. The number of hydrogen-bond donors (Lipinski definition) is 1. The topological polar surface area (TPSA) is 58.5 Å². The molecule has 5 heteroatoms. The van der Waals surface area contributed by atoms with Crippen molar-refractivity contribution in [2.24, 2.45) is 0 Å². The van der Waals surface area contributed by atoms with Crippen molar-refractivity contribution in [1.82, 2.24) is 15.0 Å². The lowest BCUT2D eigenvalue weighted by Crippen LogP contribution is -2.43. The molecular weight excluding hydrogens is 252 g/mol. The molecule has 0 atom stereocenters. The maximum Gasteiger partial charge on any atom is 0.222 e. The van der Waals surface area contributed by atoms with Crippen molar-refractivity contribution in [2.45, 2.75) is 6.54 Å². The van der Waals surface area contributed by atoms with Crippen molar-refractivity contribution in [3.63, 3.8) is 0 Å². The van der Waals surface area contributed by atoms with Gasteiger partial charge in [-0.25, -0.2) is 0 Å². The Morgan fingerprint density at radius 1 is 1.20 bits per heavy atom. The second-order valence-electron chi connectivity index (χ2n) is 5.35. The summed E-state index contributed by atoms with van der Waals surface area (Å²) in [7, 11) is 2.17. The van der Waals surface area contributed by atoms with Crippen LogP contribution in [0, 0.1) is 0 Å². The number of hydrogen-bond acceptors (Lipinski definition) is 5. The van der Waals surface area contributed by atoms with Crippen LogP contribution in [0.2, 0.25) is 0 Å². The molecule has 0 aliphatic carbocycles. The zero-order valence-electron chi connectivity index (χ0n) is 11.7. The predicted octanol–water partition coefficient (Wildman–Crippen LogP) is 1.67. The number of nitrogen functional groups attached to an aromatic ring is 1. The minimum atomic E-state index is 0.356. The van der Waals surface area contributed by atoms with Gasteiger partial charge in [-0.15, -0.1) is 0 Å². The number of anilines is 1. The summed E-state index contributed by atoms with van der Waals surface area (Å²) in [6.07, 6.45) is 0. The number of benzene rings is 1. The van der Waals surface area contributed by atoms with Gasteiger partial charge in [-0.05, 0) is 12.6 Å². The number of aromatic nitrogens is 1. The highest BCUT2D eigenvalue weighted by Crippen LogP contribution is 2.25. The van der Waals surface area contributed by atoms with Crippen molar-refractivity contribution in [2.75, 3.05) is 39.0 Å². The summed E-state index contributed by atoms with van der Waals surface area (Å²) in [5.74, 6) is 0.356. The highest BCUT2D eigenvalue weighted by atomic mass is 16.5. The van der Waals surface area contributed by atoms with E-state index < -0.39 is 0 Å². The molecule has 0 bridgehead atoms. The van der Waals surface area contributed by atoms with Gasteiger partial charge in [0.25, 0.3) is 0 Å². The molecule has 2 heterocycles. The third-order valence-electron chi connectivity index (χ3n) is 3.81.